The van der Waals surface area contributed by atoms with Gasteiger partial charge in [0.2, 0.25) is 0 Å². The molecule has 0 fully saturated rings. The molecule has 0 spiro atoms. The van der Waals surface area contributed by atoms with Crippen LogP contribution in [0, 0.1) is 0 Å². The van der Waals surface area contributed by atoms with E-state index in [9.17, 15) is 0 Å². The molecule has 1 unspecified atom stereocenters. The predicted octanol–water partition coefficient (Wildman–Crippen LogP) is 9.28. The molecule has 2 rings (SSSR count). The van der Waals surface area contributed by atoms with E-state index in [1.807, 2.05) is 0 Å². The van der Waals surface area contributed by atoms with Gasteiger partial charge in [0, 0.05) is 24.6 Å². The first kappa shape index (κ1) is 25.8. The van der Waals surface area contributed by atoms with Gasteiger partial charge in [-0.1, -0.05) is 128 Å². The Morgan fingerprint density at radius 1 is 0.581 bits per heavy atom. The van der Waals surface area contributed by atoms with Crippen LogP contribution in [0.5, 0.6) is 0 Å². The molecule has 0 aromatic heterocycles. The number of anilines is 1. The molecule has 1 heterocycles. The maximum absolute atomic E-state index is 2.48. The number of hydrogen-bond donors (Lipinski definition) is 0. The van der Waals surface area contributed by atoms with Gasteiger partial charge in [-0.15, -0.1) is 0 Å². The molecule has 2 heteroatoms. The molecule has 0 bridgehead atoms. The highest BCUT2D eigenvalue weighted by molar-refractivity contribution is 5.51. The summed E-state index contributed by atoms with van der Waals surface area (Å²) in [7, 11) is 0. The van der Waals surface area contributed by atoms with Crippen LogP contribution < -0.4 is 4.90 Å². The second-order valence-electron chi connectivity index (χ2n) is 9.57. The molecule has 1 aliphatic rings. The van der Waals surface area contributed by atoms with Crippen molar-refractivity contribution in [1.82, 2.24) is 4.90 Å². The van der Waals surface area contributed by atoms with E-state index in [0.29, 0.717) is 6.17 Å². The van der Waals surface area contributed by atoms with Gasteiger partial charge in [0.1, 0.15) is 6.17 Å². The minimum Gasteiger partial charge on any atom is -0.356 e. The third kappa shape index (κ3) is 11.1. The Morgan fingerprint density at radius 2 is 1.03 bits per heavy atom. The van der Waals surface area contributed by atoms with Gasteiger partial charge < -0.3 is 9.80 Å². The van der Waals surface area contributed by atoms with E-state index in [-0.39, 0.29) is 0 Å². The molecule has 1 aromatic carbocycles. The average molecular weight is 427 g/mol. The molecule has 1 atom stereocenters. The fourth-order valence-corrected chi connectivity index (χ4v) is 4.75. The Morgan fingerprint density at radius 3 is 1.52 bits per heavy atom. The Hall–Kier alpha value is -1.44. The van der Waals surface area contributed by atoms with Crippen LogP contribution in [0.15, 0.2) is 42.7 Å². The zero-order valence-corrected chi connectivity index (χ0v) is 20.7. The molecular weight excluding hydrogens is 376 g/mol. The van der Waals surface area contributed by atoms with Gasteiger partial charge >= 0.3 is 0 Å². The fraction of sp³-hybridized carbons (Fsp3) is 0.724. The molecule has 31 heavy (non-hydrogen) atoms. The Labute approximate surface area is 194 Å². The zero-order valence-electron chi connectivity index (χ0n) is 20.7. The lowest BCUT2D eigenvalue weighted by Gasteiger charge is -2.29. The van der Waals surface area contributed by atoms with Crippen LogP contribution in [0.1, 0.15) is 123 Å². The number of unbranched alkanes of at least 4 members (excludes halogenated alkanes) is 16. The summed E-state index contributed by atoms with van der Waals surface area (Å²) in [6, 6.07) is 10.7. The third-order valence-electron chi connectivity index (χ3n) is 6.88. The van der Waals surface area contributed by atoms with Crippen molar-refractivity contribution in [3.63, 3.8) is 0 Å². The molecular formula is C29H50N2. The van der Waals surface area contributed by atoms with Crippen molar-refractivity contribution in [3.8, 4) is 0 Å². The molecule has 1 aliphatic heterocycles. The van der Waals surface area contributed by atoms with Crippen molar-refractivity contribution >= 4 is 5.69 Å². The summed E-state index contributed by atoms with van der Waals surface area (Å²) in [5.41, 5.74) is 1.29. The quantitative estimate of drug-likeness (QED) is 0.203. The monoisotopic (exact) mass is 426 g/mol. The van der Waals surface area contributed by atoms with E-state index in [1.54, 1.807) is 0 Å². The number of rotatable bonds is 19. The Balaban J connectivity index is 1.33. The van der Waals surface area contributed by atoms with Crippen molar-refractivity contribution in [2.45, 2.75) is 129 Å². The summed E-state index contributed by atoms with van der Waals surface area (Å²) in [5.74, 6) is 0. The largest absolute Gasteiger partial charge is 0.356 e. The number of benzene rings is 1. The van der Waals surface area contributed by atoms with E-state index in [2.05, 4.69) is 66.4 Å². The fourth-order valence-electron chi connectivity index (χ4n) is 4.75. The molecule has 176 valence electrons. The molecule has 0 radical (unpaired) electrons. The minimum absolute atomic E-state index is 0.434. The van der Waals surface area contributed by atoms with Gasteiger partial charge in [0.15, 0.2) is 0 Å². The first-order chi connectivity index (χ1) is 15.3. The van der Waals surface area contributed by atoms with E-state index < -0.39 is 0 Å². The van der Waals surface area contributed by atoms with Crippen LogP contribution in [0.25, 0.3) is 0 Å². The standard InChI is InChI=1S/C29H50N2/c1-3-4-5-6-7-8-9-10-11-12-13-14-15-16-17-18-22-25-30-26-27-31(28(30)2)29-23-20-19-21-24-29/h19-21,23-24,26-28H,3-18,22,25H2,1-2H3. The van der Waals surface area contributed by atoms with E-state index >= 15 is 0 Å². The lowest BCUT2D eigenvalue weighted by Crippen LogP contribution is -2.36. The zero-order chi connectivity index (χ0) is 22.0. The first-order valence-electron chi connectivity index (χ1n) is 13.6. The van der Waals surface area contributed by atoms with Crippen LogP contribution in [0.4, 0.5) is 5.69 Å². The first-order valence-corrected chi connectivity index (χ1v) is 13.6. The van der Waals surface area contributed by atoms with Crippen molar-refractivity contribution in [1.29, 1.82) is 0 Å². The average Bonchev–Trinajstić information content (AvgIpc) is 3.16. The minimum atomic E-state index is 0.434. The Kier molecular flexibility index (Phi) is 14.3. The van der Waals surface area contributed by atoms with Gasteiger partial charge in [0.05, 0.1) is 0 Å². The lowest BCUT2D eigenvalue weighted by molar-refractivity contribution is 0.309. The van der Waals surface area contributed by atoms with Crippen molar-refractivity contribution < 1.29 is 0 Å². The van der Waals surface area contributed by atoms with Crippen LogP contribution in [-0.4, -0.2) is 17.6 Å². The number of para-hydroxylation sites is 1. The third-order valence-corrected chi connectivity index (χ3v) is 6.88. The van der Waals surface area contributed by atoms with Gasteiger partial charge in [-0.3, -0.25) is 0 Å². The maximum atomic E-state index is 2.48. The highest BCUT2D eigenvalue weighted by Gasteiger charge is 2.22. The normalized spacial score (nSPS) is 15.9. The van der Waals surface area contributed by atoms with E-state index in [1.165, 1.54) is 121 Å². The molecule has 1 aromatic rings. The molecule has 0 N–H and O–H groups in total. The van der Waals surface area contributed by atoms with Gasteiger partial charge in [-0.25, -0.2) is 0 Å². The predicted molar refractivity (Wildman–Crippen MR) is 138 cm³/mol. The van der Waals surface area contributed by atoms with Crippen molar-refractivity contribution in [2.24, 2.45) is 0 Å². The van der Waals surface area contributed by atoms with E-state index in [4.69, 9.17) is 0 Å². The van der Waals surface area contributed by atoms with Gasteiger partial charge in [0.25, 0.3) is 0 Å². The maximum Gasteiger partial charge on any atom is 0.102 e. The summed E-state index contributed by atoms with van der Waals surface area (Å²) in [4.78, 5) is 4.85. The van der Waals surface area contributed by atoms with Crippen LogP contribution in [0.3, 0.4) is 0 Å². The summed E-state index contributed by atoms with van der Waals surface area (Å²) in [6.07, 6.45) is 29.4. The number of hydrogen-bond acceptors (Lipinski definition) is 2. The Bertz CT molecular complexity index is 553. The highest BCUT2D eigenvalue weighted by Crippen LogP contribution is 2.24. The smallest absolute Gasteiger partial charge is 0.102 e. The van der Waals surface area contributed by atoms with Crippen LogP contribution >= 0.6 is 0 Å². The second-order valence-corrected chi connectivity index (χ2v) is 9.57. The van der Waals surface area contributed by atoms with E-state index in [0.717, 1.165) is 0 Å². The summed E-state index contributed by atoms with van der Waals surface area (Å²) < 4.78 is 0. The number of nitrogens with zero attached hydrogens (tertiary/aromatic N) is 2. The molecule has 0 aliphatic carbocycles. The summed E-state index contributed by atoms with van der Waals surface area (Å²) in [5, 5.41) is 0. The van der Waals surface area contributed by atoms with Gasteiger partial charge in [-0.05, 0) is 25.5 Å². The van der Waals surface area contributed by atoms with Crippen LogP contribution in [0.2, 0.25) is 0 Å². The highest BCUT2D eigenvalue weighted by atomic mass is 15.4. The summed E-state index contributed by atoms with van der Waals surface area (Å²) in [6.45, 7) is 5.79. The van der Waals surface area contributed by atoms with Crippen LogP contribution in [-0.2, 0) is 0 Å². The lowest BCUT2D eigenvalue weighted by atomic mass is 10.0. The van der Waals surface area contributed by atoms with Gasteiger partial charge in [-0.2, -0.15) is 0 Å². The molecule has 0 saturated carbocycles. The SMILES string of the molecule is CCCCCCCCCCCCCCCCCCCN1C=CN(c2ccccc2)C1C. The summed E-state index contributed by atoms with van der Waals surface area (Å²) >= 11 is 0. The van der Waals surface area contributed by atoms with Crippen molar-refractivity contribution in [2.75, 3.05) is 11.4 Å². The molecule has 0 saturated heterocycles. The topological polar surface area (TPSA) is 6.48 Å². The molecule has 0 amide bonds. The van der Waals surface area contributed by atoms with Crippen molar-refractivity contribution in [3.05, 3.63) is 42.7 Å². The molecule has 2 nitrogen and oxygen atoms in total. The second kappa shape index (κ2) is 17.2.